The molecule has 1 amide bonds. The fourth-order valence-electron chi connectivity index (χ4n) is 4.29. The molecule has 0 aromatic heterocycles. The molecule has 24 heavy (non-hydrogen) atoms. The average Bonchev–Trinajstić information content (AvgIpc) is 2.53. The summed E-state index contributed by atoms with van der Waals surface area (Å²) in [4.78, 5) is 12.0. The van der Waals surface area contributed by atoms with Gasteiger partial charge in [0.1, 0.15) is 6.61 Å². The summed E-state index contributed by atoms with van der Waals surface area (Å²) in [6, 6.07) is 0. The maximum Gasteiger partial charge on any atom is 0.407 e. The molecule has 5 atom stereocenters. The Bertz CT molecular complexity index is 499. The Morgan fingerprint density at radius 1 is 1.50 bits per heavy atom. The number of carbonyl (C=O) groups is 1. The molecule has 4 heteroatoms. The molecule has 2 aliphatic rings. The third kappa shape index (κ3) is 3.69. The molecule has 1 fully saturated rings. The van der Waals surface area contributed by atoms with Crippen molar-refractivity contribution in [2.24, 2.45) is 23.2 Å². The maximum absolute atomic E-state index is 12.0. The van der Waals surface area contributed by atoms with Crippen molar-refractivity contribution >= 4 is 6.09 Å². The van der Waals surface area contributed by atoms with Crippen LogP contribution in [-0.4, -0.2) is 32.0 Å². The number of unbranched alkanes of at least 4 members (excludes halogenated alkanes) is 1. The van der Waals surface area contributed by atoms with E-state index in [1.807, 2.05) is 6.92 Å². The van der Waals surface area contributed by atoms with Crippen LogP contribution >= 0.6 is 0 Å². The normalized spacial score (nSPS) is 35.6. The summed E-state index contributed by atoms with van der Waals surface area (Å²) in [7, 11) is 0. The fourth-order valence-corrected chi connectivity index (χ4v) is 4.29. The molecule has 1 N–H and O–H groups in total. The first-order valence-electron chi connectivity index (χ1n) is 9.29. The predicted octanol–water partition coefficient (Wildman–Crippen LogP) is 4.32. The van der Waals surface area contributed by atoms with Crippen LogP contribution in [0.1, 0.15) is 47.5 Å². The van der Waals surface area contributed by atoms with Crippen LogP contribution in [-0.2, 0) is 9.47 Å². The van der Waals surface area contributed by atoms with Gasteiger partial charge in [0.2, 0.25) is 0 Å². The largest absolute Gasteiger partial charge is 0.449 e. The molecule has 1 heterocycles. The first kappa shape index (κ1) is 19.0. The van der Waals surface area contributed by atoms with Crippen LogP contribution in [0.15, 0.2) is 23.8 Å². The molecule has 136 valence electrons. The molecule has 2 rings (SSSR count). The lowest BCUT2D eigenvalue weighted by molar-refractivity contribution is -0.149. The second-order valence-corrected chi connectivity index (χ2v) is 7.40. The Hall–Kier alpha value is -1.29. The second kappa shape index (κ2) is 8.19. The molecule has 0 aromatic rings. The number of alkyl carbamates (subject to hydrolysis) is 1. The highest BCUT2D eigenvalue weighted by atomic mass is 16.6. The highest BCUT2D eigenvalue weighted by Crippen LogP contribution is 2.52. The number of ether oxygens (including phenoxy) is 2. The van der Waals surface area contributed by atoms with Crippen LogP contribution < -0.4 is 5.32 Å². The minimum atomic E-state index is -0.310. The molecule has 0 saturated carbocycles. The molecular weight excluding hydrogens is 302 g/mol. The van der Waals surface area contributed by atoms with Gasteiger partial charge in [-0.05, 0) is 32.1 Å². The Labute approximate surface area is 146 Å². The lowest BCUT2D eigenvalue weighted by Gasteiger charge is -2.54. The number of rotatable bonds is 6. The van der Waals surface area contributed by atoms with Gasteiger partial charge in [-0.15, -0.1) is 0 Å². The minimum Gasteiger partial charge on any atom is -0.449 e. The van der Waals surface area contributed by atoms with Gasteiger partial charge in [-0.2, -0.15) is 0 Å². The molecule has 0 radical (unpaired) electrons. The Morgan fingerprint density at radius 2 is 2.25 bits per heavy atom. The van der Waals surface area contributed by atoms with Crippen LogP contribution in [0.25, 0.3) is 0 Å². The van der Waals surface area contributed by atoms with Crippen molar-refractivity contribution in [1.82, 2.24) is 5.32 Å². The van der Waals surface area contributed by atoms with Gasteiger partial charge < -0.3 is 14.8 Å². The summed E-state index contributed by atoms with van der Waals surface area (Å²) in [5.74, 6) is 1.10. The Balaban J connectivity index is 2.09. The molecular formula is C20H33NO3. The van der Waals surface area contributed by atoms with E-state index in [1.165, 1.54) is 5.57 Å². The van der Waals surface area contributed by atoms with E-state index in [0.29, 0.717) is 37.5 Å². The van der Waals surface area contributed by atoms with Gasteiger partial charge in [0.25, 0.3) is 0 Å². The zero-order valence-electron chi connectivity index (χ0n) is 15.8. The zero-order valence-corrected chi connectivity index (χ0v) is 15.8. The second-order valence-electron chi connectivity index (χ2n) is 7.40. The highest BCUT2D eigenvalue weighted by molar-refractivity contribution is 5.67. The standard InChI is InChI=1S/C20H33NO3/c1-6-8-10-21-19(22)24-13-20-12-23-17(9-7-2)18(16(20)5)14(3)11-15(20)4/h7,9,11,15-18H,6,8,10,12-13H2,1-5H3,(H,21,22)/b9-7+/t15?,16-,17?,18?,20-/m1/s1. The van der Waals surface area contributed by atoms with Crippen LogP contribution in [0.4, 0.5) is 4.79 Å². The number of hydrogen-bond donors (Lipinski definition) is 1. The maximum atomic E-state index is 12.0. The van der Waals surface area contributed by atoms with Crippen molar-refractivity contribution in [2.45, 2.75) is 53.6 Å². The van der Waals surface area contributed by atoms with Gasteiger partial charge in [0, 0.05) is 17.9 Å². The van der Waals surface area contributed by atoms with Crippen LogP contribution in [0, 0.1) is 23.2 Å². The average molecular weight is 335 g/mol. The summed E-state index contributed by atoms with van der Waals surface area (Å²) in [5, 5.41) is 2.83. The van der Waals surface area contributed by atoms with Crippen molar-refractivity contribution in [3.05, 3.63) is 23.8 Å². The summed E-state index contributed by atoms with van der Waals surface area (Å²) >= 11 is 0. The Morgan fingerprint density at radius 3 is 2.92 bits per heavy atom. The summed E-state index contributed by atoms with van der Waals surface area (Å²) in [6.07, 6.45) is 8.41. The van der Waals surface area contributed by atoms with E-state index in [9.17, 15) is 4.79 Å². The van der Waals surface area contributed by atoms with Crippen LogP contribution in [0.2, 0.25) is 0 Å². The monoisotopic (exact) mass is 335 g/mol. The summed E-state index contributed by atoms with van der Waals surface area (Å²) in [5.41, 5.74) is 1.26. The van der Waals surface area contributed by atoms with Gasteiger partial charge in [-0.3, -0.25) is 0 Å². The van der Waals surface area contributed by atoms with E-state index >= 15 is 0 Å². The molecule has 3 unspecified atom stereocenters. The van der Waals surface area contributed by atoms with Crippen LogP contribution in [0.3, 0.4) is 0 Å². The number of nitrogens with one attached hydrogen (secondary N) is 1. The smallest absolute Gasteiger partial charge is 0.407 e. The summed E-state index contributed by atoms with van der Waals surface area (Å²) < 4.78 is 11.8. The van der Waals surface area contributed by atoms with Gasteiger partial charge in [0.05, 0.1) is 12.7 Å². The van der Waals surface area contributed by atoms with E-state index in [2.05, 4.69) is 51.2 Å². The van der Waals surface area contributed by atoms with E-state index in [4.69, 9.17) is 9.47 Å². The van der Waals surface area contributed by atoms with Crippen molar-refractivity contribution in [2.75, 3.05) is 19.8 Å². The number of fused-ring (bicyclic) bond motifs is 2. The van der Waals surface area contributed by atoms with E-state index in [1.54, 1.807) is 0 Å². The SMILES string of the molecule is C/C=C/C1OC[C@@]2(COC(=O)NCCCC)C(C)C=C(C)C1[C@H]2C. The van der Waals surface area contributed by atoms with E-state index < -0.39 is 0 Å². The van der Waals surface area contributed by atoms with E-state index in [0.717, 1.165) is 12.8 Å². The van der Waals surface area contributed by atoms with Gasteiger partial charge >= 0.3 is 6.09 Å². The molecule has 2 bridgehead atoms. The minimum absolute atomic E-state index is 0.125. The van der Waals surface area contributed by atoms with Crippen molar-refractivity contribution in [1.29, 1.82) is 0 Å². The number of hydrogen-bond acceptors (Lipinski definition) is 3. The topological polar surface area (TPSA) is 47.6 Å². The first-order valence-corrected chi connectivity index (χ1v) is 9.29. The fraction of sp³-hybridized carbons (Fsp3) is 0.750. The Kier molecular flexibility index (Phi) is 6.50. The van der Waals surface area contributed by atoms with Crippen molar-refractivity contribution in [3.63, 3.8) is 0 Å². The van der Waals surface area contributed by atoms with Gasteiger partial charge in [-0.25, -0.2) is 4.79 Å². The predicted molar refractivity (Wildman–Crippen MR) is 96.8 cm³/mol. The molecule has 1 aliphatic heterocycles. The zero-order chi connectivity index (χ0) is 17.7. The molecule has 1 aliphatic carbocycles. The third-order valence-electron chi connectivity index (χ3n) is 5.94. The summed E-state index contributed by atoms with van der Waals surface area (Å²) in [6.45, 7) is 12.6. The lowest BCUT2D eigenvalue weighted by Crippen LogP contribution is -2.56. The van der Waals surface area contributed by atoms with E-state index in [-0.39, 0.29) is 17.6 Å². The molecule has 0 aromatic carbocycles. The van der Waals surface area contributed by atoms with Crippen molar-refractivity contribution in [3.8, 4) is 0 Å². The number of amides is 1. The number of allylic oxidation sites excluding steroid dienone is 2. The quantitative estimate of drug-likeness (QED) is 0.581. The third-order valence-corrected chi connectivity index (χ3v) is 5.94. The first-order chi connectivity index (χ1) is 11.5. The van der Waals surface area contributed by atoms with Crippen LogP contribution in [0.5, 0.6) is 0 Å². The highest BCUT2D eigenvalue weighted by Gasteiger charge is 2.53. The van der Waals surface area contributed by atoms with Gasteiger partial charge in [0.15, 0.2) is 0 Å². The molecule has 0 spiro atoms. The molecule has 1 saturated heterocycles. The van der Waals surface area contributed by atoms with Gasteiger partial charge in [-0.1, -0.05) is 51.0 Å². The number of carbonyl (C=O) groups excluding carboxylic acids is 1. The van der Waals surface area contributed by atoms with Crippen molar-refractivity contribution < 1.29 is 14.3 Å². The lowest BCUT2D eigenvalue weighted by atomic mass is 9.56. The molecule has 4 nitrogen and oxygen atoms in total.